The van der Waals surface area contributed by atoms with E-state index in [0.717, 1.165) is 31.0 Å². The lowest BCUT2D eigenvalue weighted by Gasteiger charge is -2.37. The fourth-order valence-corrected chi connectivity index (χ4v) is 3.89. The average Bonchev–Trinajstić information content (AvgIpc) is 2.98. The normalized spacial score (nSPS) is 23.9. The molecule has 2 saturated heterocycles. The van der Waals surface area contributed by atoms with Crippen molar-refractivity contribution in [2.75, 3.05) is 51.3 Å². The van der Waals surface area contributed by atoms with Crippen LogP contribution in [0, 0.1) is 0 Å². The lowest BCUT2D eigenvalue weighted by atomic mass is 10.2. The molecule has 1 unspecified atom stereocenters. The third-order valence-electron chi connectivity index (χ3n) is 4.04. The molecule has 0 aliphatic carbocycles. The standard InChI is InChI=1S/C13H23N3O3S/c1-14(11-3-9-20-10-11)13(19)16-7-5-15(6-8-16)4-2-12(17)18/h11H,2-10H2,1H3,(H,17,18). The van der Waals surface area contributed by atoms with E-state index in [1.807, 2.05) is 28.6 Å². The zero-order chi connectivity index (χ0) is 14.5. The van der Waals surface area contributed by atoms with Gasteiger partial charge in [0.15, 0.2) is 0 Å². The van der Waals surface area contributed by atoms with E-state index in [4.69, 9.17) is 5.11 Å². The monoisotopic (exact) mass is 301 g/mol. The number of rotatable bonds is 4. The number of carboxylic acid groups (broad SMARTS) is 1. The maximum atomic E-state index is 12.4. The number of aliphatic carboxylic acids is 1. The van der Waals surface area contributed by atoms with Crippen molar-refractivity contribution in [1.29, 1.82) is 0 Å². The molecule has 0 bridgehead atoms. The number of urea groups is 1. The number of nitrogens with zero attached hydrogens (tertiary/aromatic N) is 3. The summed E-state index contributed by atoms with van der Waals surface area (Å²) in [5.74, 6) is 1.42. The van der Waals surface area contributed by atoms with E-state index in [1.54, 1.807) is 0 Å². The number of thioether (sulfide) groups is 1. The van der Waals surface area contributed by atoms with Gasteiger partial charge in [-0.3, -0.25) is 9.69 Å². The van der Waals surface area contributed by atoms with Crippen molar-refractivity contribution in [3.05, 3.63) is 0 Å². The van der Waals surface area contributed by atoms with Gasteiger partial charge in [-0.15, -0.1) is 0 Å². The maximum absolute atomic E-state index is 12.4. The van der Waals surface area contributed by atoms with Gasteiger partial charge in [-0.1, -0.05) is 0 Å². The van der Waals surface area contributed by atoms with Crippen LogP contribution in [0.2, 0.25) is 0 Å². The van der Waals surface area contributed by atoms with Crippen molar-refractivity contribution in [3.63, 3.8) is 0 Å². The summed E-state index contributed by atoms with van der Waals surface area (Å²) < 4.78 is 0. The Labute approximate surface area is 124 Å². The minimum Gasteiger partial charge on any atom is -0.481 e. The molecule has 2 aliphatic rings. The van der Waals surface area contributed by atoms with Crippen LogP contribution in [-0.2, 0) is 4.79 Å². The van der Waals surface area contributed by atoms with Crippen LogP contribution in [0.25, 0.3) is 0 Å². The minimum atomic E-state index is -0.762. The largest absolute Gasteiger partial charge is 0.481 e. The number of carboxylic acids is 1. The zero-order valence-corrected chi connectivity index (χ0v) is 12.8. The minimum absolute atomic E-state index is 0.121. The molecule has 2 heterocycles. The van der Waals surface area contributed by atoms with E-state index in [0.29, 0.717) is 25.7 Å². The van der Waals surface area contributed by atoms with Gasteiger partial charge in [-0.05, 0) is 12.2 Å². The first-order valence-corrected chi connectivity index (χ1v) is 8.27. The second-order valence-electron chi connectivity index (χ2n) is 5.38. The fourth-order valence-electron chi connectivity index (χ4n) is 2.62. The van der Waals surface area contributed by atoms with E-state index >= 15 is 0 Å². The van der Waals surface area contributed by atoms with Crippen molar-refractivity contribution in [2.45, 2.75) is 18.9 Å². The summed E-state index contributed by atoms with van der Waals surface area (Å²) in [4.78, 5) is 28.8. The summed E-state index contributed by atoms with van der Waals surface area (Å²) in [5.41, 5.74) is 0. The number of carbonyl (C=O) groups is 2. The molecule has 0 aromatic rings. The van der Waals surface area contributed by atoms with Gasteiger partial charge in [0.25, 0.3) is 0 Å². The van der Waals surface area contributed by atoms with Gasteiger partial charge in [0.05, 0.1) is 6.42 Å². The molecule has 6 nitrogen and oxygen atoms in total. The van der Waals surface area contributed by atoms with Gasteiger partial charge in [-0.2, -0.15) is 11.8 Å². The Morgan fingerprint density at radius 2 is 2.00 bits per heavy atom. The highest BCUT2D eigenvalue weighted by Gasteiger charge is 2.29. The smallest absolute Gasteiger partial charge is 0.320 e. The van der Waals surface area contributed by atoms with Crippen molar-refractivity contribution < 1.29 is 14.7 Å². The molecule has 7 heteroatoms. The van der Waals surface area contributed by atoms with Crippen molar-refractivity contribution >= 4 is 23.8 Å². The van der Waals surface area contributed by atoms with Gasteiger partial charge < -0.3 is 14.9 Å². The van der Waals surface area contributed by atoms with Crippen LogP contribution in [-0.4, -0.2) is 89.1 Å². The Hall–Kier alpha value is -0.950. The van der Waals surface area contributed by atoms with Crippen LogP contribution < -0.4 is 0 Å². The first-order valence-electron chi connectivity index (χ1n) is 7.11. The lowest BCUT2D eigenvalue weighted by Crippen LogP contribution is -2.54. The van der Waals surface area contributed by atoms with Crippen LogP contribution in [0.4, 0.5) is 4.79 Å². The van der Waals surface area contributed by atoms with Crippen molar-refractivity contribution in [1.82, 2.24) is 14.7 Å². The fraction of sp³-hybridized carbons (Fsp3) is 0.846. The molecule has 0 radical (unpaired) electrons. The van der Waals surface area contributed by atoms with Gasteiger partial charge in [0.1, 0.15) is 0 Å². The van der Waals surface area contributed by atoms with E-state index in [1.165, 1.54) is 0 Å². The summed E-state index contributed by atoms with van der Waals surface area (Å²) >= 11 is 1.91. The maximum Gasteiger partial charge on any atom is 0.320 e. The quantitative estimate of drug-likeness (QED) is 0.825. The highest BCUT2D eigenvalue weighted by molar-refractivity contribution is 7.99. The Bertz CT molecular complexity index is 353. The molecular weight excluding hydrogens is 278 g/mol. The van der Waals surface area contributed by atoms with Gasteiger partial charge >= 0.3 is 12.0 Å². The SMILES string of the molecule is CN(C(=O)N1CCN(CCC(=O)O)CC1)C1CCSC1. The summed E-state index contributed by atoms with van der Waals surface area (Å²) in [7, 11) is 1.90. The zero-order valence-electron chi connectivity index (χ0n) is 12.0. The molecule has 2 amide bonds. The highest BCUT2D eigenvalue weighted by Crippen LogP contribution is 2.22. The molecule has 2 rings (SSSR count). The average molecular weight is 301 g/mol. The van der Waals surface area contributed by atoms with Gasteiger partial charge in [0.2, 0.25) is 0 Å². The first kappa shape index (κ1) is 15.4. The summed E-state index contributed by atoms with van der Waals surface area (Å²) in [6.07, 6.45) is 1.26. The lowest BCUT2D eigenvalue weighted by molar-refractivity contribution is -0.137. The van der Waals surface area contributed by atoms with E-state index in [-0.39, 0.29) is 12.5 Å². The Morgan fingerprint density at radius 3 is 2.55 bits per heavy atom. The van der Waals surface area contributed by atoms with Gasteiger partial charge in [-0.25, -0.2) is 4.79 Å². The number of piperazine rings is 1. The molecule has 2 aliphatic heterocycles. The number of amides is 2. The predicted octanol–water partition coefficient (Wildman–Crippen LogP) is 0.636. The van der Waals surface area contributed by atoms with Crippen LogP contribution in [0.15, 0.2) is 0 Å². The molecule has 1 N–H and O–H groups in total. The van der Waals surface area contributed by atoms with Crippen LogP contribution in [0.5, 0.6) is 0 Å². The van der Waals surface area contributed by atoms with Crippen LogP contribution in [0.3, 0.4) is 0 Å². The van der Waals surface area contributed by atoms with E-state index < -0.39 is 5.97 Å². The highest BCUT2D eigenvalue weighted by atomic mass is 32.2. The summed E-state index contributed by atoms with van der Waals surface area (Å²) in [6, 6.07) is 0.493. The summed E-state index contributed by atoms with van der Waals surface area (Å²) in [6.45, 7) is 3.51. The molecular formula is C13H23N3O3S. The molecule has 20 heavy (non-hydrogen) atoms. The van der Waals surface area contributed by atoms with Crippen LogP contribution >= 0.6 is 11.8 Å². The molecule has 1 atom stereocenters. The third kappa shape index (κ3) is 4.02. The molecule has 114 valence electrons. The predicted molar refractivity (Wildman–Crippen MR) is 79.2 cm³/mol. The second-order valence-corrected chi connectivity index (χ2v) is 6.53. The van der Waals surface area contributed by atoms with Crippen molar-refractivity contribution in [2.24, 2.45) is 0 Å². The number of hydrogen-bond acceptors (Lipinski definition) is 4. The molecule has 0 spiro atoms. The second kappa shape index (κ2) is 7.17. The van der Waals surface area contributed by atoms with Crippen LogP contribution in [0.1, 0.15) is 12.8 Å². The summed E-state index contributed by atoms with van der Waals surface area (Å²) in [5, 5.41) is 8.68. The number of hydrogen-bond donors (Lipinski definition) is 1. The third-order valence-corrected chi connectivity index (χ3v) is 5.18. The number of carbonyl (C=O) groups excluding carboxylic acids is 1. The van der Waals surface area contributed by atoms with Gasteiger partial charge in [0, 0.05) is 51.6 Å². The van der Waals surface area contributed by atoms with E-state index in [9.17, 15) is 9.59 Å². The molecule has 0 saturated carbocycles. The van der Waals surface area contributed by atoms with Crippen molar-refractivity contribution in [3.8, 4) is 0 Å². The topological polar surface area (TPSA) is 64.1 Å². The Kier molecular flexibility index (Phi) is 5.54. The molecule has 0 aromatic carbocycles. The molecule has 2 fully saturated rings. The first-order chi connectivity index (χ1) is 9.58. The van der Waals surface area contributed by atoms with E-state index in [2.05, 4.69) is 4.90 Å². The Balaban J connectivity index is 1.75. The molecule has 0 aromatic heterocycles. The Morgan fingerprint density at radius 1 is 1.30 bits per heavy atom.